The van der Waals surface area contributed by atoms with Crippen LogP contribution in [-0.4, -0.2) is 53.2 Å². The summed E-state index contributed by atoms with van der Waals surface area (Å²) in [5, 5.41) is 0. The molecule has 0 aromatic heterocycles. The summed E-state index contributed by atoms with van der Waals surface area (Å²) in [6, 6.07) is 1.99. The lowest BCUT2D eigenvalue weighted by molar-refractivity contribution is 0.363. The predicted molar refractivity (Wildman–Crippen MR) is 84.0 cm³/mol. The van der Waals surface area contributed by atoms with Gasteiger partial charge in [-0.3, -0.25) is 0 Å². The third-order valence-electron chi connectivity index (χ3n) is 6.04. The molecule has 0 atom stereocenters. The normalized spacial score (nSPS) is 34.7. The molecule has 3 aliphatic rings. The van der Waals surface area contributed by atoms with Gasteiger partial charge >= 0.3 is 0 Å². The Morgan fingerprint density at radius 1 is 0.667 bits per heavy atom. The highest BCUT2D eigenvalue weighted by Gasteiger charge is 2.41. The highest BCUT2D eigenvalue weighted by molar-refractivity contribution is 6.92. The third-order valence-corrected chi connectivity index (χ3v) is 17.9. The zero-order valence-electron chi connectivity index (χ0n) is 12.3. The van der Waals surface area contributed by atoms with E-state index in [1.165, 1.54) is 51.4 Å². The monoisotopic (exact) mass is 282 g/mol. The molecule has 0 aromatic rings. The number of hydrogen-bond acceptors (Lipinski definition) is 2. The zero-order chi connectivity index (χ0) is 12.5. The van der Waals surface area contributed by atoms with Gasteiger partial charge in [0.15, 0.2) is 0 Å². The Labute approximate surface area is 116 Å². The van der Waals surface area contributed by atoms with Crippen molar-refractivity contribution < 1.29 is 0 Å². The van der Waals surface area contributed by atoms with E-state index in [0.29, 0.717) is 0 Å². The number of hydrogen-bond donors (Lipinski definition) is 0. The minimum atomic E-state index is -0.452. The summed E-state index contributed by atoms with van der Waals surface area (Å²) in [6.07, 6.45) is 12.0. The molecule has 2 aliphatic carbocycles. The first kappa shape index (κ1) is 13.3. The molecule has 1 aliphatic heterocycles. The molecular formula is C14H30N2Si2. The van der Waals surface area contributed by atoms with Crippen LogP contribution in [0.1, 0.15) is 51.4 Å². The van der Waals surface area contributed by atoms with Gasteiger partial charge in [0.05, 0.1) is 0 Å². The molecule has 0 aromatic carbocycles. The van der Waals surface area contributed by atoms with E-state index in [4.69, 9.17) is 0 Å². The largest absolute Gasteiger partial charge is 0.326 e. The van der Waals surface area contributed by atoms with Gasteiger partial charge < -0.3 is 9.13 Å². The second kappa shape index (κ2) is 5.77. The van der Waals surface area contributed by atoms with Gasteiger partial charge in [0.1, 0.15) is 17.9 Å². The average molecular weight is 283 g/mol. The second-order valence-electron chi connectivity index (χ2n) is 6.99. The van der Waals surface area contributed by atoms with Gasteiger partial charge in [0.25, 0.3) is 0 Å². The van der Waals surface area contributed by atoms with E-state index in [2.05, 4.69) is 23.2 Å². The predicted octanol–water partition coefficient (Wildman–Crippen LogP) is 2.27. The Bertz CT molecular complexity index is 243. The van der Waals surface area contributed by atoms with Crippen molar-refractivity contribution in [2.45, 2.75) is 74.8 Å². The van der Waals surface area contributed by atoms with Gasteiger partial charge in [-0.25, -0.2) is 0 Å². The smallest absolute Gasteiger partial charge is 0.108 e. The van der Waals surface area contributed by atoms with Crippen LogP contribution in [0, 0.1) is 0 Å². The van der Waals surface area contributed by atoms with Crippen molar-refractivity contribution in [1.82, 2.24) is 9.13 Å². The van der Waals surface area contributed by atoms with Crippen molar-refractivity contribution in [3.8, 4) is 0 Å². The molecule has 3 fully saturated rings. The minimum Gasteiger partial charge on any atom is -0.326 e. The Morgan fingerprint density at radius 2 is 1.00 bits per heavy atom. The van der Waals surface area contributed by atoms with Crippen LogP contribution in [0.4, 0.5) is 0 Å². The van der Waals surface area contributed by atoms with Crippen molar-refractivity contribution >= 4 is 17.9 Å². The van der Waals surface area contributed by atoms with Crippen LogP contribution < -0.4 is 0 Å². The first-order chi connectivity index (χ1) is 8.75. The van der Waals surface area contributed by atoms with E-state index in [9.17, 15) is 0 Å². The lowest BCUT2D eigenvalue weighted by Gasteiger charge is -2.47. The summed E-state index contributed by atoms with van der Waals surface area (Å²) in [5.74, 6) is 0. The van der Waals surface area contributed by atoms with Crippen LogP contribution in [0.15, 0.2) is 0 Å². The molecule has 1 saturated heterocycles. The molecule has 2 nitrogen and oxygen atoms in total. The summed E-state index contributed by atoms with van der Waals surface area (Å²) in [5.41, 5.74) is 3.42. The molecule has 0 bridgehead atoms. The van der Waals surface area contributed by atoms with Crippen LogP contribution >= 0.6 is 0 Å². The molecule has 1 heterocycles. The molecule has 4 heteroatoms. The summed E-state index contributed by atoms with van der Waals surface area (Å²) < 4.78 is 5.78. The van der Waals surface area contributed by atoms with E-state index in [1.54, 1.807) is 11.3 Å². The van der Waals surface area contributed by atoms with Gasteiger partial charge in [0, 0.05) is 12.1 Å². The zero-order valence-corrected chi connectivity index (χ0v) is 14.6. The fraction of sp³-hybridized carbons (Fsp3) is 1.00. The first-order valence-corrected chi connectivity index (χ1v) is 12.5. The van der Waals surface area contributed by atoms with E-state index in [1.807, 2.05) is 0 Å². The van der Waals surface area contributed by atoms with Crippen molar-refractivity contribution in [2.75, 3.05) is 14.1 Å². The molecule has 104 valence electrons. The lowest BCUT2D eigenvalue weighted by atomic mass is 10.3. The van der Waals surface area contributed by atoms with Crippen molar-refractivity contribution in [2.24, 2.45) is 0 Å². The molecule has 2 saturated carbocycles. The van der Waals surface area contributed by atoms with Crippen LogP contribution in [0.25, 0.3) is 0 Å². The topological polar surface area (TPSA) is 6.48 Å². The van der Waals surface area contributed by atoms with Crippen molar-refractivity contribution in [1.29, 1.82) is 0 Å². The van der Waals surface area contributed by atoms with Crippen molar-refractivity contribution in [3.63, 3.8) is 0 Å². The molecule has 3 rings (SSSR count). The number of nitrogens with zero attached hydrogens (tertiary/aromatic N) is 2. The Hall–Kier alpha value is 0.354. The van der Waals surface area contributed by atoms with Gasteiger partial charge in [-0.05, 0) is 51.1 Å². The van der Waals surface area contributed by atoms with Crippen LogP contribution in [0.5, 0.6) is 0 Å². The Kier molecular flexibility index (Phi) is 4.28. The highest BCUT2D eigenvalue weighted by atomic mass is 28.4. The second-order valence-corrected chi connectivity index (χ2v) is 15.0. The summed E-state index contributed by atoms with van der Waals surface area (Å²) in [4.78, 5) is 0. The molecule has 0 spiro atoms. The molecule has 0 unspecified atom stereocenters. The molecule has 0 radical (unpaired) electrons. The summed E-state index contributed by atoms with van der Waals surface area (Å²) in [6.45, 7) is 0. The summed E-state index contributed by atoms with van der Waals surface area (Å²) >= 11 is 0. The lowest BCUT2D eigenvalue weighted by Crippen LogP contribution is -2.60. The van der Waals surface area contributed by atoms with Crippen LogP contribution in [0.2, 0.25) is 11.3 Å². The molecule has 0 amide bonds. The average Bonchev–Trinajstić information content (AvgIpc) is 3.00. The SMILES string of the molecule is CN(C1CCCC1)[SiH]1C[SiH](N(C)C2CCCC2)C1. The maximum atomic E-state index is 2.89. The number of rotatable bonds is 4. The fourth-order valence-electron chi connectivity index (χ4n) is 4.44. The standard InChI is InChI=1S/C14H30N2Si2/c1-15(13-7-3-4-8-13)17-11-18(12-17)16(2)14-9-5-6-10-14/h13-14,17-18H,3-12H2,1-2H3. The molecular weight excluding hydrogens is 252 g/mol. The quantitative estimate of drug-likeness (QED) is 0.730. The van der Waals surface area contributed by atoms with E-state index >= 15 is 0 Å². The molecule has 0 N–H and O–H groups in total. The van der Waals surface area contributed by atoms with Gasteiger partial charge in [0.2, 0.25) is 0 Å². The van der Waals surface area contributed by atoms with Gasteiger partial charge in [-0.1, -0.05) is 25.7 Å². The molecule has 18 heavy (non-hydrogen) atoms. The fourth-order valence-corrected chi connectivity index (χ4v) is 16.0. The first-order valence-electron chi connectivity index (χ1n) is 8.19. The van der Waals surface area contributed by atoms with E-state index in [0.717, 1.165) is 12.1 Å². The van der Waals surface area contributed by atoms with Gasteiger partial charge in [-0.15, -0.1) is 0 Å². The highest BCUT2D eigenvalue weighted by Crippen LogP contribution is 2.33. The maximum Gasteiger partial charge on any atom is 0.108 e. The third kappa shape index (κ3) is 2.62. The Balaban J connectivity index is 1.44. The van der Waals surface area contributed by atoms with Crippen molar-refractivity contribution in [3.05, 3.63) is 0 Å². The minimum absolute atomic E-state index is 0.452. The maximum absolute atomic E-state index is 2.89. The summed E-state index contributed by atoms with van der Waals surface area (Å²) in [7, 11) is 4.03. The van der Waals surface area contributed by atoms with Crippen LogP contribution in [-0.2, 0) is 0 Å². The Morgan fingerprint density at radius 3 is 1.33 bits per heavy atom. The van der Waals surface area contributed by atoms with Gasteiger partial charge in [-0.2, -0.15) is 0 Å². The van der Waals surface area contributed by atoms with Crippen LogP contribution in [0.3, 0.4) is 0 Å². The van der Waals surface area contributed by atoms with E-state index in [-0.39, 0.29) is 0 Å². The van der Waals surface area contributed by atoms with E-state index < -0.39 is 17.9 Å².